The Morgan fingerprint density at radius 2 is 1.16 bits per heavy atom. The Morgan fingerprint density at radius 1 is 0.645 bits per heavy atom. The van der Waals surface area contributed by atoms with Gasteiger partial charge in [-0.1, -0.05) is 60.7 Å². The van der Waals surface area contributed by atoms with Crippen LogP contribution in [-0.4, -0.2) is 5.11 Å². The summed E-state index contributed by atoms with van der Waals surface area (Å²) in [5, 5.41) is 9.47. The van der Waals surface area contributed by atoms with E-state index in [2.05, 4.69) is 78.0 Å². The van der Waals surface area contributed by atoms with Crippen molar-refractivity contribution in [3.8, 4) is 0 Å². The van der Waals surface area contributed by atoms with Gasteiger partial charge < -0.3 is 10.0 Å². The van der Waals surface area contributed by atoms with Gasteiger partial charge in [-0.15, -0.1) is 0 Å². The summed E-state index contributed by atoms with van der Waals surface area (Å²) in [6, 6.07) is 25.9. The van der Waals surface area contributed by atoms with Crippen LogP contribution < -0.4 is 4.90 Å². The lowest BCUT2D eigenvalue weighted by Gasteiger charge is -2.26. The topological polar surface area (TPSA) is 23.5 Å². The Hall–Kier alpha value is -3.10. The molecule has 156 valence electrons. The molecule has 0 saturated heterocycles. The van der Waals surface area contributed by atoms with Crippen molar-refractivity contribution in [1.82, 2.24) is 0 Å². The minimum atomic E-state index is 0.0726. The molecule has 31 heavy (non-hydrogen) atoms. The number of aliphatic hydroxyl groups excluding tert-OH is 1. The zero-order chi connectivity index (χ0) is 21.0. The van der Waals surface area contributed by atoms with E-state index < -0.39 is 0 Å². The third kappa shape index (κ3) is 4.22. The van der Waals surface area contributed by atoms with Crippen LogP contribution in [0.15, 0.2) is 85.2 Å². The van der Waals surface area contributed by atoms with Crippen LogP contribution in [0.5, 0.6) is 0 Å². The molecule has 5 rings (SSSR count). The number of anilines is 1. The number of benzene rings is 3. The normalized spacial score (nSPS) is 18.0. The van der Waals surface area contributed by atoms with Gasteiger partial charge in [0.15, 0.2) is 0 Å². The summed E-state index contributed by atoms with van der Waals surface area (Å²) in [7, 11) is 0. The third-order valence-corrected chi connectivity index (χ3v) is 6.52. The predicted octanol–water partition coefficient (Wildman–Crippen LogP) is 6.74. The van der Waals surface area contributed by atoms with Gasteiger partial charge in [-0.25, -0.2) is 0 Å². The van der Waals surface area contributed by atoms with Crippen LogP contribution in [0.4, 0.5) is 5.69 Å². The monoisotopic (exact) mass is 407 g/mol. The van der Waals surface area contributed by atoms with Crippen LogP contribution in [0.1, 0.15) is 53.5 Å². The fourth-order valence-corrected chi connectivity index (χ4v) is 4.87. The van der Waals surface area contributed by atoms with Gasteiger partial charge in [0.05, 0.1) is 6.61 Å². The van der Waals surface area contributed by atoms with Gasteiger partial charge in [0.2, 0.25) is 0 Å². The molecule has 0 aromatic heterocycles. The van der Waals surface area contributed by atoms with Crippen molar-refractivity contribution in [2.24, 2.45) is 0 Å². The molecular weight excluding hydrogens is 378 g/mol. The minimum Gasteiger partial charge on any atom is -0.392 e. The van der Waals surface area contributed by atoms with Crippen molar-refractivity contribution in [3.63, 3.8) is 0 Å². The molecular formula is C29H29NO. The van der Waals surface area contributed by atoms with Crippen molar-refractivity contribution >= 4 is 16.8 Å². The van der Waals surface area contributed by atoms with E-state index in [0.29, 0.717) is 0 Å². The maximum absolute atomic E-state index is 9.47. The van der Waals surface area contributed by atoms with Gasteiger partial charge in [0.1, 0.15) is 0 Å². The van der Waals surface area contributed by atoms with Crippen LogP contribution in [0.2, 0.25) is 0 Å². The molecule has 2 nitrogen and oxygen atoms in total. The Kier molecular flexibility index (Phi) is 5.73. The van der Waals surface area contributed by atoms with E-state index in [0.717, 1.165) is 36.9 Å². The van der Waals surface area contributed by atoms with Crippen molar-refractivity contribution in [2.45, 2.75) is 45.1 Å². The molecule has 0 aliphatic heterocycles. The van der Waals surface area contributed by atoms with Crippen LogP contribution >= 0.6 is 0 Å². The number of hydrogen-bond donors (Lipinski definition) is 1. The summed E-state index contributed by atoms with van der Waals surface area (Å²) in [5.41, 5.74) is 10.5. The molecule has 0 fully saturated rings. The van der Waals surface area contributed by atoms with Gasteiger partial charge in [0.25, 0.3) is 0 Å². The highest BCUT2D eigenvalue weighted by Gasteiger charge is 2.17. The highest BCUT2D eigenvalue weighted by Crippen LogP contribution is 2.35. The smallest absolute Gasteiger partial charge is 0.0681 e. The number of fused-ring (bicyclic) bond motifs is 2. The molecule has 3 aromatic rings. The molecule has 0 saturated carbocycles. The number of aryl methyl sites for hydroxylation is 2. The predicted molar refractivity (Wildman–Crippen MR) is 130 cm³/mol. The number of nitrogens with zero attached hydrogens (tertiary/aromatic N) is 1. The van der Waals surface area contributed by atoms with Crippen molar-refractivity contribution in [1.29, 1.82) is 0 Å². The maximum atomic E-state index is 9.47. The van der Waals surface area contributed by atoms with E-state index in [1.54, 1.807) is 0 Å². The Morgan fingerprint density at radius 3 is 1.68 bits per heavy atom. The summed E-state index contributed by atoms with van der Waals surface area (Å²) in [4.78, 5) is 2.30. The first kappa shape index (κ1) is 19.8. The molecule has 0 bridgehead atoms. The molecule has 0 radical (unpaired) electrons. The number of aliphatic hydroxyl groups is 1. The summed E-state index contributed by atoms with van der Waals surface area (Å²) in [6.07, 6.45) is 11.6. The SMILES string of the molecule is OCc1ccc(N(C=C2CCCc3ccccc32)C=C2CCCc3ccccc32)cc1. The lowest BCUT2D eigenvalue weighted by atomic mass is 9.87. The van der Waals surface area contributed by atoms with Gasteiger partial charge >= 0.3 is 0 Å². The van der Waals surface area contributed by atoms with E-state index in [4.69, 9.17) is 0 Å². The Labute approximate surface area is 185 Å². The van der Waals surface area contributed by atoms with Gasteiger partial charge in [-0.05, 0) is 89.6 Å². The maximum Gasteiger partial charge on any atom is 0.0681 e. The standard InChI is InChI=1S/C29H29NO/c31-21-22-15-17-27(18-16-22)30(19-25-11-5-9-23-7-1-3-13-28(23)25)20-26-12-6-10-24-8-2-4-14-29(24)26/h1-4,7-8,13-20,31H,5-6,9-12,21H2. The average molecular weight is 408 g/mol. The van der Waals surface area contributed by atoms with Crippen molar-refractivity contribution in [2.75, 3.05) is 4.90 Å². The van der Waals surface area contributed by atoms with E-state index in [1.807, 2.05) is 12.1 Å². The fourth-order valence-electron chi connectivity index (χ4n) is 4.87. The molecule has 0 heterocycles. The van der Waals surface area contributed by atoms with Crippen LogP contribution in [0.3, 0.4) is 0 Å². The molecule has 2 aliphatic carbocycles. The van der Waals surface area contributed by atoms with E-state index in [-0.39, 0.29) is 6.61 Å². The van der Waals surface area contributed by atoms with E-state index in [9.17, 15) is 5.11 Å². The first-order chi connectivity index (χ1) is 15.3. The Bertz CT molecular complexity index is 1060. The second-order valence-corrected chi connectivity index (χ2v) is 8.56. The van der Waals surface area contributed by atoms with Crippen LogP contribution in [0, 0.1) is 0 Å². The molecule has 2 heteroatoms. The second-order valence-electron chi connectivity index (χ2n) is 8.56. The molecule has 3 aromatic carbocycles. The van der Waals surface area contributed by atoms with Crippen molar-refractivity contribution in [3.05, 3.63) is 113 Å². The number of allylic oxidation sites excluding steroid dienone is 2. The molecule has 1 N–H and O–H groups in total. The zero-order valence-electron chi connectivity index (χ0n) is 17.9. The third-order valence-electron chi connectivity index (χ3n) is 6.52. The molecule has 0 atom stereocenters. The highest BCUT2D eigenvalue weighted by atomic mass is 16.3. The first-order valence-electron chi connectivity index (χ1n) is 11.4. The molecule has 0 unspecified atom stereocenters. The van der Waals surface area contributed by atoms with Gasteiger partial charge in [-0.2, -0.15) is 0 Å². The number of rotatable bonds is 4. The van der Waals surface area contributed by atoms with Gasteiger partial charge in [-0.3, -0.25) is 0 Å². The van der Waals surface area contributed by atoms with E-state index >= 15 is 0 Å². The highest BCUT2D eigenvalue weighted by molar-refractivity contribution is 5.77. The second kappa shape index (κ2) is 8.95. The molecule has 0 amide bonds. The minimum absolute atomic E-state index is 0.0726. The van der Waals surface area contributed by atoms with Crippen molar-refractivity contribution < 1.29 is 5.11 Å². The summed E-state index contributed by atoms with van der Waals surface area (Å²) in [6.45, 7) is 0.0726. The fraction of sp³-hybridized carbons (Fsp3) is 0.241. The van der Waals surface area contributed by atoms with Gasteiger partial charge in [0, 0.05) is 18.1 Å². The summed E-state index contributed by atoms with van der Waals surface area (Å²) >= 11 is 0. The van der Waals surface area contributed by atoms with Crippen LogP contribution in [-0.2, 0) is 19.4 Å². The number of hydrogen-bond acceptors (Lipinski definition) is 2. The lowest BCUT2D eigenvalue weighted by Crippen LogP contribution is -2.13. The summed E-state index contributed by atoms with van der Waals surface area (Å²) in [5.74, 6) is 0. The molecule has 2 aliphatic rings. The molecule has 0 spiro atoms. The summed E-state index contributed by atoms with van der Waals surface area (Å²) < 4.78 is 0. The Balaban J connectivity index is 1.60. The van der Waals surface area contributed by atoms with E-state index in [1.165, 1.54) is 46.2 Å². The van der Waals surface area contributed by atoms with Crippen LogP contribution in [0.25, 0.3) is 11.1 Å². The lowest BCUT2D eigenvalue weighted by molar-refractivity contribution is 0.282. The average Bonchev–Trinajstić information content (AvgIpc) is 2.84. The quantitative estimate of drug-likeness (QED) is 0.518. The largest absolute Gasteiger partial charge is 0.392 e. The zero-order valence-corrected chi connectivity index (χ0v) is 17.9. The first-order valence-corrected chi connectivity index (χ1v) is 11.4.